The van der Waals surface area contributed by atoms with Crippen LogP contribution in [0.15, 0.2) is 4.85 Å². The van der Waals surface area contributed by atoms with Crippen LogP contribution in [0.25, 0.3) is 0 Å². The molecule has 0 amide bonds. The Morgan fingerprint density at radius 1 is 0.778 bits per heavy atom. The van der Waals surface area contributed by atoms with Gasteiger partial charge in [-0.1, -0.05) is 0 Å². The molecule has 0 saturated heterocycles. The molecule has 2 N–H and O–H groups in total. The highest BCUT2D eigenvalue weighted by molar-refractivity contribution is 7.59. The van der Waals surface area contributed by atoms with Crippen LogP contribution in [-0.2, 0) is 0 Å². The van der Waals surface area contributed by atoms with E-state index in [0.717, 1.165) is 0 Å². The van der Waals surface area contributed by atoms with E-state index in [1.165, 1.54) is 0 Å². The summed E-state index contributed by atoms with van der Waals surface area (Å²) in [7, 11) is 6.13. The molecule has 18 heavy (non-hydrogen) atoms. The van der Waals surface area contributed by atoms with Gasteiger partial charge in [0, 0.05) is 11.1 Å². The summed E-state index contributed by atoms with van der Waals surface area (Å²) >= 11 is 0. The fourth-order valence-electron chi connectivity index (χ4n) is 2.78. The third-order valence-corrected chi connectivity index (χ3v) is 6.96. The average molecular weight is 277 g/mol. The van der Waals surface area contributed by atoms with Gasteiger partial charge in [0.05, 0.1) is 0 Å². The molecular weight excluding hydrogens is 245 g/mol. The maximum atomic E-state index is 5.85. The van der Waals surface area contributed by atoms with Crippen LogP contribution >= 0.6 is 7.51 Å². The fourth-order valence-corrected chi connectivity index (χ4v) is 6.34. The molecule has 0 aromatic carbocycles. The predicted molar refractivity (Wildman–Crippen MR) is 82.3 cm³/mol. The monoisotopic (exact) mass is 277 g/mol. The maximum Gasteiger partial charge on any atom is 0.184 e. The van der Waals surface area contributed by atoms with Crippen molar-refractivity contribution in [3.05, 3.63) is 0 Å². The lowest BCUT2D eigenvalue weighted by atomic mass is 10.0. The van der Waals surface area contributed by atoms with Gasteiger partial charge in [-0.05, 0) is 69.7 Å². The smallest absolute Gasteiger partial charge is 0.184 e. The molecule has 0 fully saturated rings. The number of nitrogens with zero attached hydrogens (tertiary/aromatic N) is 4. The molecule has 0 radical (unpaired) electrons. The molecule has 0 heterocycles. The average Bonchev–Trinajstić information content (AvgIpc) is 2.08. The second kappa shape index (κ2) is 5.59. The minimum Gasteiger partial charge on any atom is -0.251 e. The van der Waals surface area contributed by atoms with Crippen LogP contribution < -0.4 is 5.84 Å². The molecule has 0 aliphatic heterocycles. The van der Waals surface area contributed by atoms with Crippen LogP contribution in [0.3, 0.4) is 0 Å². The van der Waals surface area contributed by atoms with Crippen molar-refractivity contribution in [2.75, 3.05) is 28.2 Å². The summed E-state index contributed by atoms with van der Waals surface area (Å²) in [6, 6.07) is 0. The Hall–Kier alpha value is 0.0700. The normalized spacial score (nSPS) is 14.8. The van der Waals surface area contributed by atoms with Crippen molar-refractivity contribution < 1.29 is 0 Å². The number of rotatable bonds is 3. The zero-order valence-corrected chi connectivity index (χ0v) is 14.7. The molecular formula is C12H32N5P. The van der Waals surface area contributed by atoms with Gasteiger partial charge in [-0.3, -0.25) is 9.34 Å². The summed E-state index contributed by atoms with van der Waals surface area (Å²) < 4.78 is 6.75. The van der Waals surface area contributed by atoms with Crippen molar-refractivity contribution >= 4 is 7.51 Å². The largest absolute Gasteiger partial charge is 0.251 e. The van der Waals surface area contributed by atoms with Crippen molar-refractivity contribution in [1.82, 2.24) is 14.0 Å². The van der Waals surface area contributed by atoms with E-state index < -0.39 is 7.51 Å². The molecule has 0 saturated carbocycles. The van der Waals surface area contributed by atoms with E-state index in [2.05, 4.69) is 88.6 Å². The van der Waals surface area contributed by atoms with Gasteiger partial charge in [0.2, 0.25) is 0 Å². The molecule has 0 aliphatic rings. The van der Waals surface area contributed by atoms with E-state index in [4.69, 9.17) is 5.84 Å². The van der Waals surface area contributed by atoms with Crippen LogP contribution in [0.1, 0.15) is 41.5 Å². The Bertz CT molecular complexity index is 296. The summed E-state index contributed by atoms with van der Waals surface area (Å²) in [4.78, 5) is 4.34. The van der Waals surface area contributed by atoms with E-state index >= 15 is 0 Å². The molecule has 0 bridgehead atoms. The Morgan fingerprint density at radius 3 is 1.11 bits per heavy atom. The van der Waals surface area contributed by atoms with Gasteiger partial charge in [-0.2, -0.15) is 4.85 Å². The lowest BCUT2D eigenvalue weighted by molar-refractivity contribution is 0.127. The zero-order valence-electron chi connectivity index (χ0n) is 13.8. The molecule has 110 valence electrons. The van der Waals surface area contributed by atoms with Crippen LogP contribution in [-0.4, -0.2) is 53.3 Å². The lowest BCUT2D eigenvalue weighted by Crippen LogP contribution is -2.54. The molecule has 0 unspecified atom stereocenters. The standard InChI is InChI=1S/C12H32N5P/c1-11(2,3)17(12(4,5)6)18(14-13,15(7)8)16(9)10/h13H2,1-10H3. The fraction of sp³-hybridized carbons (Fsp3) is 1.00. The number of nitrogens with two attached hydrogens (primary N) is 1. The maximum absolute atomic E-state index is 5.85. The number of hydrogen-bond donors (Lipinski definition) is 1. The SMILES string of the molecule is CN(C)P(=NN)(N(C)C)N(C(C)(C)C)C(C)(C)C. The molecule has 0 aromatic rings. The first kappa shape index (κ1) is 18.1. The van der Waals surface area contributed by atoms with Crippen LogP contribution in [0.2, 0.25) is 0 Å². The third kappa shape index (κ3) is 3.34. The Labute approximate surface area is 114 Å². The first-order valence-electron chi connectivity index (χ1n) is 6.29. The minimum absolute atomic E-state index is 0.0244. The summed E-state index contributed by atoms with van der Waals surface area (Å²) in [6.07, 6.45) is 0. The van der Waals surface area contributed by atoms with Gasteiger partial charge in [0.1, 0.15) is 0 Å². The second-order valence-electron chi connectivity index (χ2n) is 7.00. The van der Waals surface area contributed by atoms with Gasteiger partial charge >= 0.3 is 0 Å². The summed E-state index contributed by atoms with van der Waals surface area (Å²) in [5, 5.41) is 0. The summed E-state index contributed by atoms with van der Waals surface area (Å²) in [6.45, 7) is 13.3. The molecule has 0 aromatic heterocycles. The molecule has 0 spiro atoms. The van der Waals surface area contributed by atoms with Gasteiger partial charge in [-0.15, -0.1) is 0 Å². The molecule has 0 aliphatic carbocycles. The topological polar surface area (TPSA) is 48.1 Å². The second-order valence-corrected chi connectivity index (χ2v) is 10.3. The summed E-state index contributed by atoms with van der Waals surface area (Å²) in [5.74, 6) is 5.85. The first-order chi connectivity index (χ1) is 7.81. The number of hydrogen-bond acceptors (Lipinski definition) is 1. The van der Waals surface area contributed by atoms with Gasteiger partial charge in [-0.25, -0.2) is 10.5 Å². The molecule has 0 rings (SSSR count). The highest BCUT2D eigenvalue weighted by Gasteiger charge is 2.45. The van der Waals surface area contributed by atoms with Gasteiger partial charge in [0.25, 0.3) is 0 Å². The minimum atomic E-state index is -2.07. The van der Waals surface area contributed by atoms with Crippen molar-refractivity contribution in [1.29, 1.82) is 0 Å². The highest BCUT2D eigenvalue weighted by atomic mass is 31.2. The van der Waals surface area contributed by atoms with Crippen molar-refractivity contribution in [3.8, 4) is 0 Å². The summed E-state index contributed by atoms with van der Waals surface area (Å²) in [5.41, 5.74) is -0.0487. The van der Waals surface area contributed by atoms with Gasteiger partial charge < -0.3 is 0 Å². The van der Waals surface area contributed by atoms with Crippen molar-refractivity contribution in [3.63, 3.8) is 0 Å². The molecule has 0 atom stereocenters. The Morgan fingerprint density at radius 2 is 1.06 bits per heavy atom. The van der Waals surface area contributed by atoms with Gasteiger partial charge in [0.15, 0.2) is 7.51 Å². The van der Waals surface area contributed by atoms with Crippen LogP contribution in [0.5, 0.6) is 0 Å². The van der Waals surface area contributed by atoms with E-state index in [1.54, 1.807) is 0 Å². The molecule has 5 nitrogen and oxygen atoms in total. The van der Waals surface area contributed by atoms with E-state index in [9.17, 15) is 0 Å². The van der Waals surface area contributed by atoms with E-state index in [-0.39, 0.29) is 11.1 Å². The van der Waals surface area contributed by atoms with Crippen LogP contribution in [0.4, 0.5) is 0 Å². The van der Waals surface area contributed by atoms with Crippen molar-refractivity contribution in [2.24, 2.45) is 10.7 Å². The zero-order chi connectivity index (χ0) is 14.9. The lowest BCUT2D eigenvalue weighted by Gasteiger charge is -2.55. The first-order valence-corrected chi connectivity index (χ1v) is 7.89. The quantitative estimate of drug-likeness (QED) is 0.489. The Kier molecular flexibility index (Phi) is 5.62. The third-order valence-electron chi connectivity index (χ3n) is 2.77. The van der Waals surface area contributed by atoms with E-state index in [1.807, 2.05) is 0 Å². The molecule has 6 heteroatoms. The Balaban J connectivity index is 6.17. The van der Waals surface area contributed by atoms with E-state index in [0.29, 0.717) is 0 Å². The highest BCUT2D eigenvalue weighted by Crippen LogP contribution is 2.61. The van der Waals surface area contributed by atoms with Crippen LogP contribution in [0, 0.1) is 0 Å². The predicted octanol–water partition coefficient (Wildman–Crippen LogP) is 2.83. The van der Waals surface area contributed by atoms with Crippen molar-refractivity contribution in [2.45, 2.75) is 52.6 Å².